The summed E-state index contributed by atoms with van der Waals surface area (Å²) in [6.07, 6.45) is 0. The minimum Gasteiger partial charge on any atom is -0.496 e. The van der Waals surface area contributed by atoms with E-state index in [1.807, 2.05) is 32.0 Å². The van der Waals surface area contributed by atoms with Crippen LogP contribution in [-0.4, -0.2) is 34.1 Å². The van der Waals surface area contributed by atoms with Crippen molar-refractivity contribution in [1.82, 2.24) is 15.0 Å². The van der Waals surface area contributed by atoms with Gasteiger partial charge in [-0.25, -0.2) is 4.98 Å². The summed E-state index contributed by atoms with van der Waals surface area (Å²) in [5.41, 5.74) is 6.17. The topological polar surface area (TPSA) is 86.0 Å². The Morgan fingerprint density at radius 3 is 2.38 bits per heavy atom. The quantitative estimate of drug-likeness (QED) is 0.760. The molecule has 0 amide bonds. The van der Waals surface area contributed by atoms with Crippen LogP contribution in [0.1, 0.15) is 19.7 Å². The lowest BCUT2D eigenvalue weighted by Gasteiger charge is -2.20. The van der Waals surface area contributed by atoms with E-state index in [1.54, 1.807) is 13.2 Å². The van der Waals surface area contributed by atoms with Crippen molar-refractivity contribution in [3.8, 4) is 17.1 Å². The van der Waals surface area contributed by atoms with Crippen LogP contribution in [0.2, 0.25) is 0 Å². The number of methoxy groups -OCH3 is 1. The predicted octanol–water partition coefficient (Wildman–Crippen LogP) is 3.52. The van der Waals surface area contributed by atoms with E-state index in [-0.39, 0.29) is 11.8 Å². The lowest BCUT2D eigenvalue weighted by molar-refractivity contribution is 0.416. The first kappa shape index (κ1) is 19.0. The first-order valence-electron chi connectivity index (χ1n) is 7.09. The second kappa shape index (κ2) is 7.27. The van der Waals surface area contributed by atoms with Crippen LogP contribution in [0, 0.1) is 0 Å². The fraction of sp³-hybridized carbons (Fsp3) is 0.400. The third-order valence-corrected chi connectivity index (χ3v) is 3.45. The van der Waals surface area contributed by atoms with Gasteiger partial charge in [-0.05, 0) is 26.0 Å². The van der Waals surface area contributed by atoms with Crippen molar-refractivity contribution in [1.29, 1.82) is 0 Å². The molecule has 0 aliphatic carbocycles. The molecule has 0 atom stereocenters. The van der Waals surface area contributed by atoms with Crippen LogP contribution in [0.25, 0.3) is 11.4 Å². The number of benzene rings is 1. The molecule has 1 aromatic heterocycles. The number of ether oxygens (including phenoxy) is 1. The van der Waals surface area contributed by atoms with E-state index in [0.29, 0.717) is 23.7 Å². The van der Waals surface area contributed by atoms with Crippen molar-refractivity contribution < 1.29 is 4.74 Å². The molecule has 0 aliphatic rings. The molecule has 1 heterocycles. The molecule has 0 bridgehead atoms. The van der Waals surface area contributed by atoms with Gasteiger partial charge in [0.1, 0.15) is 5.75 Å². The van der Waals surface area contributed by atoms with Gasteiger partial charge < -0.3 is 15.8 Å². The highest BCUT2D eigenvalue weighted by Gasteiger charge is 2.29. The largest absolute Gasteiger partial charge is 0.496 e. The summed E-state index contributed by atoms with van der Waals surface area (Å²) < 4.78 is 3.56. The molecule has 9 heteroatoms. The van der Waals surface area contributed by atoms with Gasteiger partial charge in [0, 0.05) is 12.1 Å². The van der Waals surface area contributed by atoms with Crippen LogP contribution in [0.4, 0.5) is 5.95 Å². The van der Waals surface area contributed by atoms with Gasteiger partial charge in [0.15, 0.2) is 11.6 Å². The van der Waals surface area contributed by atoms with E-state index in [0.717, 1.165) is 0 Å². The Morgan fingerprint density at radius 2 is 1.79 bits per heavy atom. The predicted molar refractivity (Wildman–Crippen MR) is 97.8 cm³/mol. The summed E-state index contributed by atoms with van der Waals surface area (Å²) in [6.45, 7) is 4.18. The van der Waals surface area contributed by atoms with E-state index in [2.05, 4.69) is 20.3 Å². The fourth-order valence-corrected chi connectivity index (χ4v) is 2.09. The first-order chi connectivity index (χ1) is 11.1. The second-order valence-electron chi connectivity index (χ2n) is 5.85. The highest BCUT2D eigenvalue weighted by Crippen LogP contribution is 2.37. The summed E-state index contributed by atoms with van der Waals surface area (Å²) in [4.78, 5) is 12.8. The van der Waals surface area contributed by atoms with Crippen molar-refractivity contribution in [2.45, 2.75) is 23.2 Å². The van der Waals surface area contributed by atoms with Crippen LogP contribution < -0.4 is 15.8 Å². The number of rotatable bonds is 5. The number of halogens is 3. The monoisotopic (exact) mass is 389 g/mol. The molecule has 24 heavy (non-hydrogen) atoms. The number of anilines is 1. The average molecular weight is 391 g/mol. The van der Waals surface area contributed by atoms with Gasteiger partial charge in [-0.1, -0.05) is 46.9 Å². The number of alkyl halides is 3. The molecule has 0 saturated heterocycles. The lowest BCUT2D eigenvalue weighted by atomic mass is 10.1. The van der Waals surface area contributed by atoms with Crippen molar-refractivity contribution in [2.75, 3.05) is 19.0 Å². The number of nitrogens with zero attached hydrogens (tertiary/aromatic N) is 3. The normalized spacial score (nSPS) is 12.1. The minimum atomic E-state index is -1.78. The fourth-order valence-electron chi connectivity index (χ4n) is 1.84. The Hall–Kier alpha value is -1.34. The maximum absolute atomic E-state index is 5.97. The van der Waals surface area contributed by atoms with Gasteiger partial charge >= 0.3 is 0 Å². The van der Waals surface area contributed by atoms with Gasteiger partial charge in [0.25, 0.3) is 0 Å². The van der Waals surface area contributed by atoms with Gasteiger partial charge in [0.05, 0.1) is 12.7 Å². The molecule has 0 aliphatic heterocycles. The Balaban J connectivity index is 2.51. The lowest BCUT2D eigenvalue weighted by Crippen LogP contribution is -2.40. The Labute approximate surface area is 155 Å². The highest BCUT2D eigenvalue weighted by atomic mass is 35.6. The van der Waals surface area contributed by atoms with Gasteiger partial charge in [-0.15, -0.1) is 0 Å². The second-order valence-corrected chi connectivity index (χ2v) is 8.13. The summed E-state index contributed by atoms with van der Waals surface area (Å²) in [7, 11) is 1.56. The zero-order valence-electron chi connectivity index (χ0n) is 13.5. The van der Waals surface area contributed by atoms with Crippen LogP contribution in [0.5, 0.6) is 5.75 Å². The van der Waals surface area contributed by atoms with Crippen molar-refractivity contribution in [3.05, 3.63) is 30.1 Å². The number of nitrogens with one attached hydrogen (secondary N) is 1. The summed E-state index contributed by atoms with van der Waals surface area (Å²) >= 11 is 17.8. The highest BCUT2D eigenvalue weighted by molar-refractivity contribution is 6.66. The molecule has 130 valence electrons. The minimum absolute atomic E-state index is 0.0146. The van der Waals surface area contributed by atoms with Gasteiger partial charge in [-0.3, -0.25) is 0 Å². The number of para-hydroxylation sites is 1. The van der Waals surface area contributed by atoms with Crippen LogP contribution in [0.3, 0.4) is 0 Å². The molecule has 0 saturated carbocycles. The first-order valence-corrected chi connectivity index (χ1v) is 8.23. The van der Waals surface area contributed by atoms with Crippen LogP contribution in [0.15, 0.2) is 24.3 Å². The smallest absolute Gasteiger partial charge is 0.250 e. The molecular formula is C15H18Cl3N5O. The standard InChI is InChI=1S/C15H18Cl3N5O/c1-14(2,19)8-20-13-22-11(21-12(23-13)15(16,17)18)9-6-4-5-7-10(9)24-3/h4-7H,8,19H2,1-3H3,(H,20,21,22,23). The molecule has 6 nitrogen and oxygen atoms in total. The molecule has 2 rings (SSSR count). The SMILES string of the molecule is COc1ccccc1-c1nc(NCC(C)(C)N)nc(C(Cl)(Cl)Cl)n1. The molecular weight excluding hydrogens is 373 g/mol. The zero-order chi connectivity index (χ0) is 18.0. The maximum atomic E-state index is 5.97. The average Bonchev–Trinajstić information content (AvgIpc) is 2.51. The summed E-state index contributed by atoms with van der Waals surface area (Å²) in [5.74, 6) is 1.22. The molecule has 0 fully saturated rings. The van der Waals surface area contributed by atoms with Crippen molar-refractivity contribution in [3.63, 3.8) is 0 Å². The molecule has 0 spiro atoms. The Bertz CT molecular complexity index is 713. The van der Waals surface area contributed by atoms with Crippen LogP contribution in [-0.2, 0) is 3.79 Å². The number of aromatic nitrogens is 3. The van der Waals surface area contributed by atoms with Crippen LogP contribution >= 0.6 is 34.8 Å². The number of hydrogen-bond acceptors (Lipinski definition) is 6. The van der Waals surface area contributed by atoms with E-state index in [9.17, 15) is 0 Å². The third kappa shape index (κ3) is 5.08. The Morgan fingerprint density at radius 1 is 1.12 bits per heavy atom. The van der Waals surface area contributed by atoms with E-state index in [1.165, 1.54) is 0 Å². The molecule has 1 aromatic carbocycles. The van der Waals surface area contributed by atoms with Crippen molar-refractivity contribution >= 4 is 40.8 Å². The summed E-state index contributed by atoms with van der Waals surface area (Å²) in [5, 5.41) is 3.04. The van der Waals surface area contributed by atoms with Gasteiger partial charge in [-0.2, -0.15) is 9.97 Å². The summed E-state index contributed by atoms with van der Waals surface area (Å²) in [6, 6.07) is 7.29. The van der Waals surface area contributed by atoms with Gasteiger partial charge in [0.2, 0.25) is 9.74 Å². The molecule has 0 radical (unpaired) electrons. The van der Waals surface area contributed by atoms with E-state index < -0.39 is 9.33 Å². The van der Waals surface area contributed by atoms with E-state index in [4.69, 9.17) is 45.3 Å². The number of hydrogen-bond donors (Lipinski definition) is 2. The molecule has 3 N–H and O–H groups in total. The zero-order valence-corrected chi connectivity index (χ0v) is 15.7. The number of nitrogens with two attached hydrogens (primary N) is 1. The Kier molecular flexibility index (Phi) is 5.75. The third-order valence-electron chi connectivity index (χ3n) is 2.94. The van der Waals surface area contributed by atoms with E-state index >= 15 is 0 Å². The maximum Gasteiger partial charge on any atom is 0.250 e. The molecule has 0 unspecified atom stereocenters. The molecule has 2 aromatic rings. The van der Waals surface area contributed by atoms with Crippen molar-refractivity contribution in [2.24, 2.45) is 5.73 Å².